The third kappa shape index (κ3) is 7.37. The second kappa shape index (κ2) is 15.8. The number of nitrogens with zero attached hydrogens (tertiary/aromatic N) is 10. The highest BCUT2D eigenvalue weighted by Gasteiger charge is 2.33. The Labute approximate surface area is 351 Å². The SMILES string of the molecule is C=CCn1c(=O)c2cnc(Nc3ccc(N4CCC(N5CCN(c6cccc7c6n(C)c(=O)n7[C@@H]6CCC(=O)NC6=O)CC5)CC4)cc3)nc2n1-c1cccc(C(C)(C)O)n1. The van der Waals surface area contributed by atoms with Crippen LogP contribution in [-0.4, -0.2) is 101 Å². The van der Waals surface area contributed by atoms with Gasteiger partial charge in [-0.3, -0.25) is 33.7 Å². The van der Waals surface area contributed by atoms with Gasteiger partial charge in [-0.15, -0.1) is 6.58 Å². The van der Waals surface area contributed by atoms with Gasteiger partial charge >= 0.3 is 5.69 Å². The molecule has 0 radical (unpaired) electrons. The molecule has 3 saturated heterocycles. The molecule has 3 N–H and O–H groups in total. The summed E-state index contributed by atoms with van der Waals surface area (Å²) < 4.78 is 6.33. The van der Waals surface area contributed by atoms with Crippen molar-refractivity contribution in [1.82, 2.24) is 43.7 Å². The zero-order valence-electron chi connectivity index (χ0n) is 34.6. The number of aliphatic hydroxyl groups is 1. The van der Waals surface area contributed by atoms with Crippen molar-refractivity contribution in [2.75, 3.05) is 54.4 Å². The van der Waals surface area contributed by atoms with Crippen molar-refractivity contribution in [2.24, 2.45) is 7.05 Å². The molecule has 2 aromatic carbocycles. The number of carbonyl (C=O) groups excluding carboxylic acids is 2. The average molecular weight is 827 g/mol. The van der Waals surface area contributed by atoms with E-state index in [0.717, 1.165) is 74.7 Å². The molecule has 61 heavy (non-hydrogen) atoms. The highest BCUT2D eigenvalue weighted by molar-refractivity contribution is 6.00. The van der Waals surface area contributed by atoms with Crippen molar-refractivity contribution in [3.8, 4) is 5.82 Å². The van der Waals surface area contributed by atoms with Crippen molar-refractivity contribution in [2.45, 2.75) is 63.8 Å². The van der Waals surface area contributed by atoms with Gasteiger partial charge in [-0.2, -0.15) is 4.98 Å². The quantitative estimate of drug-likeness (QED) is 0.135. The van der Waals surface area contributed by atoms with E-state index in [1.54, 1.807) is 59.0 Å². The van der Waals surface area contributed by atoms with Gasteiger partial charge in [0.05, 0.1) is 29.0 Å². The van der Waals surface area contributed by atoms with Crippen molar-refractivity contribution >= 4 is 56.9 Å². The summed E-state index contributed by atoms with van der Waals surface area (Å²) in [5.41, 5.74) is 3.59. The molecule has 2 amide bonds. The van der Waals surface area contributed by atoms with Gasteiger partial charge in [0.1, 0.15) is 17.0 Å². The lowest BCUT2D eigenvalue weighted by Gasteiger charge is -2.44. The van der Waals surface area contributed by atoms with Crippen molar-refractivity contribution in [3.63, 3.8) is 0 Å². The molecule has 3 aliphatic rings. The number of imidazole rings is 1. The second-order valence-electron chi connectivity index (χ2n) is 16.6. The van der Waals surface area contributed by atoms with E-state index in [-0.39, 0.29) is 30.1 Å². The summed E-state index contributed by atoms with van der Waals surface area (Å²) in [7, 11) is 1.75. The molecular weight excluding hydrogens is 777 g/mol. The number of amides is 2. The maximum Gasteiger partial charge on any atom is 0.329 e. The van der Waals surface area contributed by atoms with Gasteiger partial charge in [0.15, 0.2) is 11.5 Å². The van der Waals surface area contributed by atoms with E-state index in [4.69, 9.17) is 4.98 Å². The molecule has 3 aliphatic heterocycles. The maximum atomic E-state index is 13.5. The van der Waals surface area contributed by atoms with Crippen LogP contribution in [-0.2, 0) is 28.8 Å². The summed E-state index contributed by atoms with van der Waals surface area (Å²) in [4.78, 5) is 72.7. The first-order valence-corrected chi connectivity index (χ1v) is 20.8. The fourth-order valence-electron chi connectivity index (χ4n) is 9.10. The molecule has 17 nitrogen and oxygen atoms in total. The highest BCUT2D eigenvalue weighted by atomic mass is 16.3. The maximum absolute atomic E-state index is 13.5. The largest absolute Gasteiger partial charge is 0.384 e. The van der Waals surface area contributed by atoms with Crippen LogP contribution in [0.2, 0.25) is 0 Å². The van der Waals surface area contributed by atoms with Crippen LogP contribution in [0.3, 0.4) is 0 Å². The van der Waals surface area contributed by atoms with Crippen molar-refractivity contribution in [1.29, 1.82) is 0 Å². The van der Waals surface area contributed by atoms with Gasteiger partial charge in [0.25, 0.3) is 5.56 Å². The average Bonchev–Trinajstić information content (AvgIpc) is 3.68. The van der Waals surface area contributed by atoms with Crippen LogP contribution < -0.4 is 31.7 Å². The Morgan fingerprint density at radius 1 is 0.902 bits per heavy atom. The molecule has 0 aliphatic carbocycles. The first kappa shape index (κ1) is 39.8. The molecule has 316 valence electrons. The number of pyridine rings is 1. The third-order valence-electron chi connectivity index (χ3n) is 12.3. The fourth-order valence-corrected chi connectivity index (χ4v) is 9.10. The Hall–Kier alpha value is -6.59. The molecule has 6 aromatic rings. The van der Waals surface area contributed by atoms with E-state index in [0.29, 0.717) is 46.5 Å². The zero-order chi connectivity index (χ0) is 42.6. The topological polar surface area (TPSA) is 181 Å². The fraction of sp³-hybridized carbons (Fsp3) is 0.386. The number of nitrogens with one attached hydrogen (secondary N) is 2. The van der Waals surface area contributed by atoms with Crippen LogP contribution in [0.15, 0.2) is 89.1 Å². The van der Waals surface area contributed by atoms with Crippen LogP contribution >= 0.6 is 0 Å². The minimum Gasteiger partial charge on any atom is -0.384 e. The van der Waals surface area contributed by atoms with E-state index in [1.807, 2.05) is 24.3 Å². The number of hydrogen-bond acceptors (Lipinski definition) is 12. The molecule has 0 spiro atoms. The Kier molecular flexibility index (Phi) is 10.3. The van der Waals surface area contributed by atoms with Crippen LogP contribution in [0.1, 0.15) is 51.3 Å². The number of allylic oxidation sites excluding steroid dienone is 1. The monoisotopic (exact) mass is 826 g/mol. The van der Waals surface area contributed by atoms with Gasteiger partial charge in [-0.05, 0) is 81.6 Å². The minimum absolute atomic E-state index is 0.208. The lowest BCUT2D eigenvalue weighted by Crippen LogP contribution is -2.53. The first-order valence-electron chi connectivity index (χ1n) is 20.8. The summed E-state index contributed by atoms with van der Waals surface area (Å²) in [5, 5.41) is 16.7. The molecule has 1 atom stereocenters. The zero-order valence-corrected chi connectivity index (χ0v) is 34.6. The van der Waals surface area contributed by atoms with E-state index in [1.165, 1.54) is 10.9 Å². The number of hydrogen-bond donors (Lipinski definition) is 3. The first-order chi connectivity index (χ1) is 29.4. The van der Waals surface area contributed by atoms with E-state index in [9.17, 15) is 24.3 Å². The minimum atomic E-state index is -1.18. The normalized spacial score (nSPS) is 18.3. The van der Waals surface area contributed by atoms with Crippen LogP contribution in [0.4, 0.5) is 23.0 Å². The summed E-state index contributed by atoms with van der Waals surface area (Å²) in [6.45, 7) is 12.7. The Balaban J connectivity index is 0.836. The number of benzene rings is 2. The molecule has 7 heterocycles. The van der Waals surface area contributed by atoms with Crippen LogP contribution in [0, 0.1) is 0 Å². The summed E-state index contributed by atoms with van der Waals surface area (Å²) in [6, 6.07) is 19.2. The number of aromatic nitrogens is 7. The molecular formula is C44H50N12O5. The number of fused-ring (bicyclic) bond motifs is 2. The molecule has 0 saturated carbocycles. The number of piperidine rings is 2. The standard InChI is InChI=1S/C44H50N12O5/c1-5-20-54-41(59)31-27-45-42(49-39(31)56(54)36-11-7-10-35(47-36)44(2,3)61)46-28-12-14-29(15-13-28)51-21-18-30(19-22-51)52-23-25-53(26-24-52)32-8-6-9-33-38(32)50(4)43(60)55(33)34-16-17-37(57)48-40(34)58/h5-15,27,30,34,61H,1,16-26H2,2-4H3,(H,45,46,49)(H,48,57,58)/t34-/m1/s1. The number of anilines is 4. The lowest BCUT2D eigenvalue weighted by atomic mass is 10.0. The Morgan fingerprint density at radius 3 is 2.34 bits per heavy atom. The predicted octanol–water partition coefficient (Wildman–Crippen LogP) is 3.56. The second-order valence-corrected chi connectivity index (χ2v) is 16.6. The number of piperazine rings is 1. The summed E-state index contributed by atoms with van der Waals surface area (Å²) in [5.74, 6) is 0.0381. The lowest BCUT2D eigenvalue weighted by molar-refractivity contribution is -0.135. The molecule has 4 aromatic heterocycles. The third-order valence-corrected chi connectivity index (χ3v) is 12.3. The number of imide groups is 1. The van der Waals surface area contributed by atoms with Gasteiger partial charge in [0, 0.05) is 76.4 Å². The molecule has 0 bridgehead atoms. The van der Waals surface area contributed by atoms with Crippen LogP contribution in [0.5, 0.6) is 0 Å². The molecule has 17 heteroatoms. The van der Waals surface area contributed by atoms with Gasteiger partial charge in [-0.25, -0.2) is 24.1 Å². The smallest absolute Gasteiger partial charge is 0.329 e. The van der Waals surface area contributed by atoms with Gasteiger partial charge in [0.2, 0.25) is 17.8 Å². The Morgan fingerprint density at radius 2 is 1.64 bits per heavy atom. The summed E-state index contributed by atoms with van der Waals surface area (Å²) in [6.07, 6.45) is 5.77. The molecule has 0 unspecified atom stereocenters. The number of para-hydroxylation sites is 1. The van der Waals surface area contributed by atoms with E-state index < -0.39 is 17.6 Å². The number of rotatable bonds is 10. The van der Waals surface area contributed by atoms with E-state index in [2.05, 4.69) is 60.1 Å². The molecule has 3 fully saturated rings. The predicted molar refractivity (Wildman–Crippen MR) is 234 cm³/mol. The van der Waals surface area contributed by atoms with Crippen molar-refractivity contribution in [3.05, 3.63) is 106 Å². The number of aryl methyl sites for hydroxylation is 1. The van der Waals surface area contributed by atoms with Gasteiger partial charge < -0.3 is 20.2 Å². The Bertz CT molecular complexity index is 2780. The number of carbonyl (C=O) groups is 2. The highest BCUT2D eigenvalue weighted by Crippen LogP contribution is 2.32. The summed E-state index contributed by atoms with van der Waals surface area (Å²) >= 11 is 0. The van der Waals surface area contributed by atoms with Crippen molar-refractivity contribution < 1.29 is 14.7 Å². The van der Waals surface area contributed by atoms with E-state index >= 15 is 0 Å². The van der Waals surface area contributed by atoms with Gasteiger partial charge in [-0.1, -0.05) is 18.2 Å². The molecule has 9 rings (SSSR count). The van der Waals surface area contributed by atoms with Crippen LogP contribution in [0.25, 0.3) is 27.9 Å².